The van der Waals surface area contributed by atoms with Crippen molar-refractivity contribution >= 4 is 16.9 Å². The van der Waals surface area contributed by atoms with Gasteiger partial charge in [-0.2, -0.15) is 5.10 Å². The molecule has 0 saturated heterocycles. The first-order valence-corrected chi connectivity index (χ1v) is 7.92. The third-order valence-corrected chi connectivity index (χ3v) is 4.20. The van der Waals surface area contributed by atoms with Gasteiger partial charge in [-0.1, -0.05) is 6.92 Å². The third kappa shape index (κ3) is 2.48. The first-order chi connectivity index (χ1) is 11.2. The fourth-order valence-electron chi connectivity index (χ4n) is 2.99. The number of carbonyl (C=O) groups is 1. The highest BCUT2D eigenvalue weighted by molar-refractivity contribution is 5.97. The van der Waals surface area contributed by atoms with Crippen molar-refractivity contribution in [2.45, 2.75) is 38.8 Å². The summed E-state index contributed by atoms with van der Waals surface area (Å²) in [6.45, 7) is 2.90. The van der Waals surface area contributed by atoms with Crippen LogP contribution in [0.15, 0.2) is 24.5 Å². The van der Waals surface area contributed by atoms with E-state index in [4.69, 9.17) is 0 Å². The zero-order valence-electron chi connectivity index (χ0n) is 12.9. The second-order valence-corrected chi connectivity index (χ2v) is 5.77. The molecule has 0 bridgehead atoms. The molecule has 0 radical (unpaired) electrons. The SMILES string of the molecule is CCc1nc2n(n1)CCCC2NC(=O)c1cnc2[nH]ccc2c1. The summed E-state index contributed by atoms with van der Waals surface area (Å²) in [5.41, 5.74) is 1.34. The van der Waals surface area contributed by atoms with Gasteiger partial charge >= 0.3 is 0 Å². The van der Waals surface area contributed by atoms with E-state index < -0.39 is 0 Å². The summed E-state index contributed by atoms with van der Waals surface area (Å²) in [5, 5.41) is 8.47. The number of hydrogen-bond donors (Lipinski definition) is 2. The molecule has 118 valence electrons. The van der Waals surface area contributed by atoms with E-state index in [0.717, 1.165) is 48.5 Å². The van der Waals surface area contributed by atoms with Crippen LogP contribution >= 0.6 is 0 Å². The van der Waals surface area contributed by atoms with E-state index >= 15 is 0 Å². The normalized spacial score (nSPS) is 17.2. The molecule has 0 fully saturated rings. The van der Waals surface area contributed by atoms with Gasteiger partial charge < -0.3 is 10.3 Å². The molecule has 0 aromatic carbocycles. The van der Waals surface area contributed by atoms with Crippen molar-refractivity contribution in [2.75, 3.05) is 0 Å². The number of hydrogen-bond acceptors (Lipinski definition) is 4. The van der Waals surface area contributed by atoms with E-state index in [1.807, 2.05) is 29.9 Å². The smallest absolute Gasteiger partial charge is 0.253 e. The van der Waals surface area contributed by atoms with E-state index in [1.54, 1.807) is 6.20 Å². The Morgan fingerprint density at radius 3 is 3.30 bits per heavy atom. The molecular formula is C16H18N6O. The first kappa shape index (κ1) is 13.9. The van der Waals surface area contributed by atoms with Gasteiger partial charge in [0.1, 0.15) is 11.5 Å². The fraction of sp³-hybridized carbons (Fsp3) is 0.375. The van der Waals surface area contributed by atoms with Crippen LogP contribution in [0, 0.1) is 0 Å². The van der Waals surface area contributed by atoms with Crippen LogP contribution in [-0.2, 0) is 13.0 Å². The molecule has 2 N–H and O–H groups in total. The number of amides is 1. The summed E-state index contributed by atoms with van der Waals surface area (Å²) < 4.78 is 1.92. The van der Waals surface area contributed by atoms with Gasteiger partial charge in [0.05, 0.1) is 11.6 Å². The number of carbonyl (C=O) groups excluding carboxylic acids is 1. The van der Waals surface area contributed by atoms with Crippen LogP contribution < -0.4 is 5.32 Å². The van der Waals surface area contributed by atoms with Crippen molar-refractivity contribution in [2.24, 2.45) is 0 Å². The number of fused-ring (bicyclic) bond motifs is 2. The number of aromatic amines is 1. The van der Waals surface area contributed by atoms with E-state index in [2.05, 4.69) is 25.4 Å². The molecule has 0 spiro atoms. The number of pyridine rings is 1. The largest absolute Gasteiger partial charge is 0.346 e. The van der Waals surface area contributed by atoms with E-state index in [9.17, 15) is 4.79 Å². The number of rotatable bonds is 3. The van der Waals surface area contributed by atoms with Crippen LogP contribution in [0.1, 0.15) is 47.8 Å². The Morgan fingerprint density at radius 2 is 2.43 bits per heavy atom. The molecule has 0 saturated carbocycles. The molecule has 1 aliphatic rings. The summed E-state index contributed by atoms with van der Waals surface area (Å²) in [7, 11) is 0. The molecule has 0 aliphatic carbocycles. The quantitative estimate of drug-likeness (QED) is 0.774. The maximum atomic E-state index is 12.5. The average molecular weight is 310 g/mol. The van der Waals surface area contributed by atoms with Crippen molar-refractivity contribution in [3.8, 4) is 0 Å². The van der Waals surface area contributed by atoms with Gasteiger partial charge in [0.25, 0.3) is 5.91 Å². The fourth-order valence-corrected chi connectivity index (χ4v) is 2.99. The van der Waals surface area contributed by atoms with Crippen molar-refractivity contribution in [3.63, 3.8) is 0 Å². The summed E-state index contributed by atoms with van der Waals surface area (Å²) in [6, 6.07) is 3.66. The second-order valence-electron chi connectivity index (χ2n) is 5.77. The number of nitrogens with one attached hydrogen (secondary N) is 2. The lowest BCUT2D eigenvalue weighted by Crippen LogP contribution is -2.33. The lowest BCUT2D eigenvalue weighted by molar-refractivity contribution is 0.0927. The van der Waals surface area contributed by atoms with Crippen molar-refractivity contribution in [1.29, 1.82) is 0 Å². The van der Waals surface area contributed by atoms with Crippen LogP contribution in [0.25, 0.3) is 11.0 Å². The van der Waals surface area contributed by atoms with Crippen molar-refractivity contribution in [1.82, 2.24) is 30.0 Å². The maximum absolute atomic E-state index is 12.5. The molecular weight excluding hydrogens is 292 g/mol. The van der Waals surface area contributed by atoms with Crippen LogP contribution in [0.4, 0.5) is 0 Å². The summed E-state index contributed by atoms with van der Waals surface area (Å²) in [5.74, 6) is 1.56. The van der Waals surface area contributed by atoms with Gasteiger partial charge in [0.15, 0.2) is 5.82 Å². The van der Waals surface area contributed by atoms with Gasteiger partial charge in [-0.3, -0.25) is 4.79 Å². The van der Waals surface area contributed by atoms with Crippen LogP contribution in [-0.4, -0.2) is 30.6 Å². The number of nitrogens with zero attached hydrogens (tertiary/aromatic N) is 4. The predicted molar refractivity (Wildman–Crippen MR) is 84.9 cm³/mol. The molecule has 7 nitrogen and oxygen atoms in total. The van der Waals surface area contributed by atoms with Crippen LogP contribution in [0.2, 0.25) is 0 Å². The van der Waals surface area contributed by atoms with Gasteiger partial charge in [-0.15, -0.1) is 0 Å². The Balaban J connectivity index is 1.58. The lowest BCUT2D eigenvalue weighted by atomic mass is 10.1. The summed E-state index contributed by atoms with van der Waals surface area (Å²) in [4.78, 5) is 24.4. The van der Waals surface area contributed by atoms with Gasteiger partial charge in [-0.25, -0.2) is 14.6 Å². The van der Waals surface area contributed by atoms with Gasteiger partial charge in [0, 0.05) is 30.7 Å². The predicted octanol–water partition coefficient (Wildman–Crippen LogP) is 1.98. The zero-order chi connectivity index (χ0) is 15.8. The molecule has 4 rings (SSSR count). The highest BCUT2D eigenvalue weighted by Crippen LogP contribution is 2.24. The molecule has 1 atom stereocenters. The highest BCUT2D eigenvalue weighted by Gasteiger charge is 2.25. The molecule has 1 unspecified atom stereocenters. The molecule has 7 heteroatoms. The van der Waals surface area contributed by atoms with E-state index in [0.29, 0.717) is 5.56 Å². The van der Waals surface area contributed by atoms with Crippen molar-refractivity contribution in [3.05, 3.63) is 41.7 Å². The van der Waals surface area contributed by atoms with Crippen LogP contribution in [0.3, 0.4) is 0 Å². The maximum Gasteiger partial charge on any atom is 0.253 e. The van der Waals surface area contributed by atoms with Gasteiger partial charge in [0.2, 0.25) is 0 Å². The Bertz CT molecular complexity index is 864. The molecule has 1 aliphatic heterocycles. The number of H-pyrrole nitrogens is 1. The minimum Gasteiger partial charge on any atom is -0.346 e. The summed E-state index contributed by atoms with van der Waals surface area (Å²) >= 11 is 0. The summed E-state index contributed by atoms with van der Waals surface area (Å²) in [6.07, 6.45) is 6.08. The standard InChI is InChI=1S/C16H18N6O/c1-2-13-20-15-12(4-3-7-22(15)21-13)19-16(23)11-8-10-5-6-17-14(10)18-9-11/h5-6,8-9,12H,2-4,7H2,1H3,(H,17,18)(H,19,23). The zero-order valence-corrected chi connectivity index (χ0v) is 12.9. The topological polar surface area (TPSA) is 88.5 Å². The Labute approximate surface area is 133 Å². The van der Waals surface area contributed by atoms with Crippen molar-refractivity contribution < 1.29 is 4.79 Å². The Morgan fingerprint density at radius 1 is 1.52 bits per heavy atom. The molecule has 4 heterocycles. The number of aromatic nitrogens is 5. The number of aryl methyl sites for hydroxylation is 2. The third-order valence-electron chi connectivity index (χ3n) is 4.20. The lowest BCUT2D eigenvalue weighted by Gasteiger charge is -2.23. The average Bonchev–Trinajstić information content (AvgIpc) is 3.20. The second kappa shape index (κ2) is 5.49. The monoisotopic (exact) mass is 310 g/mol. The van der Waals surface area contributed by atoms with Gasteiger partial charge in [-0.05, 0) is 25.0 Å². The minimum absolute atomic E-state index is 0.0917. The van der Waals surface area contributed by atoms with E-state index in [1.165, 1.54) is 0 Å². The van der Waals surface area contributed by atoms with Crippen LogP contribution in [0.5, 0.6) is 0 Å². The molecule has 1 amide bonds. The molecule has 3 aromatic heterocycles. The highest BCUT2D eigenvalue weighted by atomic mass is 16.1. The minimum atomic E-state index is -0.125. The first-order valence-electron chi connectivity index (χ1n) is 7.92. The van der Waals surface area contributed by atoms with E-state index in [-0.39, 0.29) is 11.9 Å². The Hall–Kier alpha value is -2.70. The Kier molecular flexibility index (Phi) is 3.33. The molecule has 3 aromatic rings. The molecule has 23 heavy (non-hydrogen) atoms.